The molecule has 9 nitrogen and oxygen atoms in total. The molecule has 3 rings (SSSR count). The smallest absolute Gasteiger partial charge is 0.322 e. The molecule has 3 unspecified atom stereocenters. The van der Waals surface area contributed by atoms with Gasteiger partial charge in [0.2, 0.25) is 5.91 Å². The van der Waals surface area contributed by atoms with Crippen molar-refractivity contribution < 1.29 is 24.2 Å². The topological polar surface area (TPSA) is 121 Å². The van der Waals surface area contributed by atoms with Crippen LogP contribution in [0.4, 0.5) is 0 Å². The van der Waals surface area contributed by atoms with E-state index in [-0.39, 0.29) is 23.1 Å². The van der Waals surface area contributed by atoms with Gasteiger partial charge in [0.05, 0.1) is 12.1 Å². The lowest BCUT2D eigenvalue weighted by molar-refractivity contribution is -0.150. The molecule has 218 valence electrons. The van der Waals surface area contributed by atoms with Crippen LogP contribution in [0.1, 0.15) is 78.5 Å². The third-order valence-electron chi connectivity index (χ3n) is 7.03. The lowest BCUT2D eigenvalue weighted by Gasteiger charge is -2.34. The van der Waals surface area contributed by atoms with E-state index in [0.29, 0.717) is 31.9 Å². The Hall–Kier alpha value is -3.30. The van der Waals surface area contributed by atoms with Crippen LogP contribution >= 0.6 is 0 Å². The fourth-order valence-electron chi connectivity index (χ4n) is 4.53. The van der Waals surface area contributed by atoms with Crippen molar-refractivity contribution >= 4 is 34.8 Å². The first-order valence-corrected chi connectivity index (χ1v) is 14.1. The Morgan fingerprint density at radius 2 is 1.88 bits per heavy atom. The van der Waals surface area contributed by atoms with Gasteiger partial charge in [-0.1, -0.05) is 71.9 Å². The van der Waals surface area contributed by atoms with E-state index in [4.69, 9.17) is 9.72 Å². The summed E-state index contributed by atoms with van der Waals surface area (Å²) >= 11 is 0. The number of rotatable bonds is 11. The standard InChI is InChI=1S/C31H44N4O5/c1-19(2)24-13-12-23-11-10-22(17-26(23)33-24)14-15-31(6,7)18-40-27(20(3)4)28(36)32-21(5)29(37)35-16-8-9-25(34-35)30(38)39/h10-15,17,19-21,25,27,34H,8-9,16,18H2,1-7H3,(H,32,36)(H,38,39). The van der Waals surface area contributed by atoms with Crippen molar-refractivity contribution in [3.05, 3.63) is 47.7 Å². The van der Waals surface area contributed by atoms with Gasteiger partial charge in [-0.05, 0) is 49.3 Å². The minimum absolute atomic E-state index is 0.117. The van der Waals surface area contributed by atoms with Crippen LogP contribution in [0.15, 0.2) is 36.4 Å². The van der Waals surface area contributed by atoms with Crippen molar-refractivity contribution in [1.29, 1.82) is 0 Å². The SMILES string of the molecule is CC(NC(=O)C(OCC(C)(C)C=Cc1ccc2ccc(C(C)C)nc2c1)C(C)C)C(=O)N1CCCC(C(=O)O)N1. The first kappa shape index (κ1) is 31.2. The van der Waals surface area contributed by atoms with E-state index < -0.39 is 24.2 Å². The molecule has 0 radical (unpaired) electrons. The molecular formula is C31H44N4O5. The van der Waals surface area contributed by atoms with E-state index in [1.54, 1.807) is 6.92 Å². The molecule has 0 aliphatic carbocycles. The number of amides is 2. The molecule has 1 aromatic heterocycles. The minimum Gasteiger partial charge on any atom is -0.480 e. The maximum absolute atomic E-state index is 13.1. The van der Waals surface area contributed by atoms with E-state index in [1.165, 1.54) is 5.01 Å². The lowest BCUT2D eigenvalue weighted by atomic mass is 9.93. The van der Waals surface area contributed by atoms with Crippen LogP contribution in [0.3, 0.4) is 0 Å². The molecule has 2 aromatic rings. The Morgan fingerprint density at radius 3 is 2.52 bits per heavy atom. The quantitative estimate of drug-likeness (QED) is 0.375. The van der Waals surface area contributed by atoms with Gasteiger partial charge in [-0.2, -0.15) is 0 Å². The number of hydrogen-bond donors (Lipinski definition) is 3. The molecule has 9 heteroatoms. The number of hydrazine groups is 1. The zero-order chi connectivity index (χ0) is 29.6. The summed E-state index contributed by atoms with van der Waals surface area (Å²) in [5.74, 6) is -1.51. The molecule has 2 amide bonds. The number of pyridine rings is 1. The molecule has 2 heterocycles. The molecule has 0 bridgehead atoms. The van der Waals surface area contributed by atoms with Crippen LogP contribution in [0, 0.1) is 11.3 Å². The first-order valence-electron chi connectivity index (χ1n) is 14.1. The predicted molar refractivity (Wildman–Crippen MR) is 156 cm³/mol. The van der Waals surface area contributed by atoms with Crippen molar-refractivity contribution in [2.75, 3.05) is 13.2 Å². The highest BCUT2D eigenvalue weighted by Crippen LogP contribution is 2.24. The zero-order valence-corrected chi connectivity index (χ0v) is 24.7. The molecule has 1 saturated heterocycles. The van der Waals surface area contributed by atoms with E-state index >= 15 is 0 Å². The number of carbonyl (C=O) groups excluding carboxylic acids is 2. The summed E-state index contributed by atoms with van der Waals surface area (Å²) in [7, 11) is 0. The van der Waals surface area contributed by atoms with Gasteiger partial charge in [0.25, 0.3) is 5.91 Å². The molecule has 0 saturated carbocycles. The molecular weight excluding hydrogens is 508 g/mol. The van der Waals surface area contributed by atoms with E-state index in [0.717, 1.165) is 22.2 Å². The number of carboxylic acids is 1. The first-order chi connectivity index (χ1) is 18.8. The summed E-state index contributed by atoms with van der Waals surface area (Å²) < 4.78 is 6.11. The largest absolute Gasteiger partial charge is 0.480 e. The molecule has 1 aromatic carbocycles. The normalized spacial score (nSPS) is 17.9. The third-order valence-corrected chi connectivity index (χ3v) is 7.03. The number of nitrogens with one attached hydrogen (secondary N) is 2. The molecule has 3 N–H and O–H groups in total. The molecule has 1 fully saturated rings. The van der Waals surface area contributed by atoms with E-state index in [9.17, 15) is 19.5 Å². The van der Waals surface area contributed by atoms with Gasteiger partial charge in [0.15, 0.2) is 0 Å². The van der Waals surface area contributed by atoms with Crippen LogP contribution in [-0.4, -0.2) is 64.2 Å². The van der Waals surface area contributed by atoms with Crippen molar-refractivity contribution in [3.8, 4) is 0 Å². The number of nitrogens with zero attached hydrogens (tertiary/aromatic N) is 2. The second-order valence-electron chi connectivity index (χ2n) is 12.0. The molecule has 40 heavy (non-hydrogen) atoms. The third kappa shape index (κ3) is 8.35. The summed E-state index contributed by atoms with van der Waals surface area (Å²) in [5.41, 5.74) is 5.44. The summed E-state index contributed by atoms with van der Waals surface area (Å²) in [6.07, 6.45) is 4.40. The van der Waals surface area contributed by atoms with Gasteiger partial charge in [-0.3, -0.25) is 24.4 Å². The Bertz CT molecular complexity index is 1240. The Balaban J connectivity index is 1.60. The van der Waals surface area contributed by atoms with Crippen molar-refractivity contribution in [1.82, 2.24) is 20.7 Å². The summed E-state index contributed by atoms with van der Waals surface area (Å²) in [6.45, 7) is 14.4. The van der Waals surface area contributed by atoms with Crippen LogP contribution in [-0.2, 0) is 19.1 Å². The number of aromatic nitrogens is 1. The Kier molecular flexibility index (Phi) is 10.4. The highest BCUT2D eigenvalue weighted by atomic mass is 16.5. The number of carbonyl (C=O) groups is 3. The van der Waals surface area contributed by atoms with Gasteiger partial charge in [0.1, 0.15) is 18.2 Å². The molecule has 3 atom stereocenters. The molecule has 1 aliphatic heterocycles. The van der Waals surface area contributed by atoms with Crippen molar-refractivity contribution in [2.24, 2.45) is 11.3 Å². The van der Waals surface area contributed by atoms with Crippen LogP contribution in [0.25, 0.3) is 17.0 Å². The number of aliphatic carboxylic acids is 1. The number of fused-ring (bicyclic) bond motifs is 1. The number of hydrogen-bond acceptors (Lipinski definition) is 6. The molecule has 1 aliphatic rings. The van der Waals surface area contributed by atoms with Crippen LogP contribution in [0.5, 0.6) is 0 Å². The maximum Gasteiger partial charge on any atom is 0.322 e. The van der Waals surface area contributed by atoms with Crippen molar-refractivity contribution in [2.45, 2.75) is 85.4 Å². The highest BCUT2D eigenvalue weighted by molar-refractivity contribution is 5.89. The average molecular weight is 553 g/mol. The Morgan fingerprint density at radius 1 is 1.18 bits per heavy atom. The summed E-state index contributed by atoms with van der Waals surface area (Å²) in [6, 6.07) is 8.73. The van der Waals surface area contributed by atoms with Crippen LogP contribution < -0.4 is 10.7 Å². The van der Waals surface area contributed by atoms with Crippen LogP contribution in [0.2, 0.25) is 0 Å². The average Bonchev–Trinajstić information content (AvgIpc) is 2.90. The van der Waals surface area contributed by atoms with Crippen molar-refractivity contribution in [3.63, 3.8) is 0 Å². The maximum atomic E-state index is 13.1. The Labute approximate surface area is 237 Å². The number of benzene rings is 1. The van der Waals surface area contributed by atoms with Gasteiger partial charge in [-0.25, -0.2) is 5.43 Å². The monoisotopic (exact) mass is 552 g/mol. The molecule has 0 spiro atoms. The lowest BCUT2D eigenvalue weighted by Crippen LogP contribution is -2.60. The fourth-order valence-corrected chi connectivity index (χ4v) is 4.53. The summed E-state index contributed by atoms with van der Waals surface area (Å²) in [5, 5.41) is 14.4. The second kappa shape index (κ2) is 13.4. The van der Waals surface area contributed by atoms with Gasteiger partial charge in [-0.15, -0.1) is 0 Å². The van der Waals surface area contributed by atoms with Gasteiger partial charge < -0.3 is 15.2 Å². The number of ether oxygens (including phenoxy) is 1. The second-order valence-corrected chi connectivity index (χ2v) is 12.0. The number of carboxylic acid groups (broad SMARTS) is 1. The predicted octanol–water partition coefficient (Wildman–Crippen LogP) is 4.52. The minimum atomic E-state index is -1.00. The highest BCUT2D eigenvalue weighted by Gasteiger charge is 2.32. The van der Waals surface area contributed by atoms with E-state index in [2.05, 4.69) is 61.0 Å². The van der Waals surface area contributed by atoms with Gasteiger partial charge >= 0.3 is 5.97 Å². The fraction of sp³-hybridized carbons (Fsp3) is 0.548. The van der Waals surface area contributed by atoms with E-state index in [1.807, 2.05) is 33.8 Å². The summed E-state index contributed by atoms with van der Waals surface area (Å²) in [4.78, 5) is 42.1. The zero-order valence-electron chi connectivity index (χ0n) is 24.7. The van der Waals surface area contributed by atoms with Gasteiger partial charge in [0, 0.05) is 23.0 Å².